The third-order valence-corrected chi connectivity index (χ3v) is 1.86. The number of rotatable bonds is 0. The molecule has 0 aliphatic rings. The Kier molecular flexibility index (Phi) is 2.24. The minimum atomic E-state index is -0.281. The third-order valence-electron chi connectivity index (χ3n) is 1.51. The summed E-state index contributed by atoms with van der Waals surface area (Å²) in [7, 11) is 0. The van der Waals surface area contributed by atoms with Crippen molar-refractivity contribution in [3.05, 3.63) is 27.4 Å². The van der Waals surface area contributed by atoms with E-state index in [9.17, 15) is 4.79 Å². The summed E-state index contributed by atoms with van der Waals surface area (Å²) in [5, 5.41) is 0.185. The van der Waals surface area contributed by atoms with E-state index < -0.39 is 0 Å². The lowest BCUT2D eigenvalue weighted by atomic mass is 9.92. The Bertz CT molecular complexity index is 338. The van der Waals surface area contributed by atoms with Crippen molar-refractivity contribution in [2.75, 3.05) is 0 Å². The predicted molar refractivity (Wildman–Crippen MR) is 48.6 cm³/mol. The summed E-state index contributed by atoms with van der Waals surface area (Å²) >= 11 is 5.77. The Morgan fingerprint density at radius 2 is 2.08 bits per heavy atom. The molecule has 1 aromatic heterocycles. The first-order valence-corrected chi connectivity index (χ1v) is 4.04. The molecule has 3 nitrogen and oxygen atoms in total. The molecule has 0 aliphatic carbocycles. The fraction of sp³-hybridized carbons (Fsp3) is 0.500. The van der Waals surface area contributed by atoms with Crippen LogP contribution in [-0.2, 0) is 5.41 Å². The highest BCUT2D eigenvalue weighted by Crippen LogP contribution is 2.23. The van der Waals surface area contributed by atoms with Gasteiger partial charge in [0.05, 0.1) is 12.0 Å². The molecule has 0 amide bonds. The lowest BCUT2D eigenvalue weighted by Gasteiger charge is -2.17. The number of nitrogens with one attached hydrogen (secondary N) is 1. The predicted octanol–water partition coefficient (Wildman–Crippen LogP) is 1.72. The molecule has 0 bridgehead atoms. The minimum Gasteiger partial charge on any atom is -0.312 e. The normalized spacial score (nSPS) is 11.7. The van der Waals surface area contributed by atoms with Gasteiger partial charge in [-0.2, -0.15) is 0 Å². The van der Waals surface area contributed by atoms with E-state index in [0.717, 1.165) is 0 Å². The Morgan fingerprint density at radius 1 is 1.50 bits per heavy atom. The Morgan fingerprint density at radius 3 is 2.50 bits per heavy atom. The van der Waals surface area contributed by atoms with E-state index in [2.05, 4.69) is 9.97 Å². The van der Waals surface area contributed by atoms with Crippen LogP contribution in [0.1, 0.15) is 26.5 Å². The van der Waals surface area contributed by atoms with Gasteiger partial charge in [0.1, 0.15) is 5.02 Å². The fourth-order valence-corrected chi connectivity index (χ4v) is 1.29. The van der Waals surface area contributed by atoms with Crippen LogP contribution in [0, 0.1) is 0 Å². The average molecular weight is 187 g/mol. The monoisotopic (exact) mass is 186 g/mol. The SMILES string of the molecule is CC(C)(C)c1nc[nH]c(=O)c1Cl. The highest BCUT2D eigenvalue weighted by atomic mass is 35.5. The van der Waals surface area contributed by atoms with Gasteiger partial charge in [-0.3, -0.25) is 4.79 Å². The van der Waals surface area contributed by atoms with Gasteiger partial charge < -0.3 is 4.98 Å². The Labute approximate surface area is 75.8 Å². The molecule has 0 radical (unpaired) electrons. The van der Waals surface area contributed by atoms with Gasteiger partial charge in [-0.15, -0.1) is 0 Å². The van der Waals surface area contributed by atoms with Crippen LogP contribution in [0.3, 0.4) is 0 Å². The van der Waals surface area contributed by atoms with Crippen LogP contribution in [0.2, 0.25) is 5.02 Å². The summed E-state index contributed by atoms with van der Waals surface area (Å²) in [5.74, 6) is 0. The van der Waals surface area contributed by atoms with E-state index >= 15 is 0 Å². The molecule has 12 heavy (non-hydrogen) atoms. The van der Waals surface area contributed by atoms with E-state index in [0.29, 0.717) is 5.69 Å². The topological polar surface area (TPSA) is 45.8 Å². The van der Waals surface area contributed by atoms with Gasteiger partial charge in [0.15, 0.2) is 0 Å². The summed E-state index contributed by atoms with van der Waals surface area (Å²) < 4.78 is 0. The van der Waals surface area contributed by atoms with Crippen molar-refractivity contribution < 1.29 is 0 Å². The molecule has 66 valence electrons. The van der Waals surface area contributed by atoms with E-state index in [1.165, 1.54) is 6.33 Å². The van der Waals surface area contributed by atoms with E-state index in [4.69, 9.17) is 11.6 Å². The zero-order valence-corrected chi connectivity index (χ0v) is 8.07. The Hall–Kier alpha value is -0.830. The van der Waals surface area contributed by atoms with Crippen molar-refractivity contribution in [2.24, 2.45) is 0 Å². The summed E-state index contributed by atoms with van der Waals surface area (Å²) in [4.78, 5) is 17.5. The largest absolute Gasteiger partial charge is 0.312 e. The lowest BCUT2D eigenvalue weighted by Crippen LogP contribution is -2.20. The molecule has 0 saturated carbocycles. The van der Waals surface area contributed by atoms with Crippen LogP contribution >= 0.6 is 11.6 Å². The molecule has 0 unspecified atom stereocenters. The standard InChI is InChI=1S/C8H11ClN2O/c1-8(2,3)6-5(9)7(12)11-4-10-6/h4H,1-3H3,(H,10,11,12). The van der Waals surface area contributed by atoms with Crippen molar-refractivity contribution in [2.45, 2.75) is 26.2 Å². The molecule has 0 aliphatic heterocycles. The highest BCUT2D eigenvalue weighted by molar-refractivity contribution is 6.31. The summed E-state index contributed by atoms with van der Waals surface area (Å²) in [6, 6.07) is 0. The fourth-order valence-electron chi connectivity index (χ4n) is 0.906. The zero-order chi connectivity index (χ0) is 9.35. The van der Waals surface area contributed by atoms with E-state index in [-0.39, 0.29) is 16.0 Å². The van der Waals surface area contributed by atoms with Crippen molar-refractivity contribution in [1.29, 1.82) is 0 Å². The summed E-state index contributed by atoms with van der Waals surface area (Å²) in [6.45, 7) is 5.88. The smallest absolute Gasteiger partial charge is 0.269 e. The third kappa shape index (κ3) is 1.67. The number of halogens is 1. The maximum atomic E-state index is 11.1. The van der Waals surface area contributed by atoms with Gasteiger partial charge in [-0.05, 0) is 0 Å². The maximum Gasteiger partial charge on any atom is 0.269 e. The number of nitrogens with zero attached hydrogens (tertiary/aromatic N) is 1. The van der Waals surface area contributed by atoms with E-state index in [1.807, 2.05) is 20.8 Å². The number of H-pyrrole nitrogens is 1. The van der Waals surface area contributed by atoms with E-state index in [1.54, 1.807) is 0 Å². The van der Waals surface area contributed by atoms with Crippen molar-refractivity contribution in [3.63, 3.8) is 0 Å². The van der Waals surface area contributed by atoms with Gasteiger partial charge >= 0.3 is 0 Å². The molecular weight excluding hydrogens is 176 g/mol. The molecule has 4 heteroatoms. The molecule has 0 fully saturated rings. The number of hydrogen-bond acceptors (Lipinski definition) is 2. The first-order valence-electron chi connectivity index (χ1n) is 3.66. The van der Waals surface area contributed by atoms with Crippen molar-refractivity contribution in [1.82, 2.24) is 9.97 Å². The second kappa shape index (κ2) is 2.90. The molecule has 0 atom stereocenters. The average Bonchev–Trinajstić information content (AvgIpc) is 1.92. The van der Waals surface area contributed by atoms with Gasteiger partial charge in [0, 0.05) is 5.41 Å². The Balaban J connectivity index is 3.36. The lowest BCUT2D eigenvalue weighted by molar-refractivity contribution is 0.566. The molecule has 1 aromatic rings. The molecule has 1 N–H and O–H groups in total. The van der Waals surface area contributed by atoms with Gasteiger partial charge in [-0.1, -0.05) is 32.4 Å². The van der Waals surface area contributed by atoms with Crippen LogP contribution in [0.4, 0.5) is 0 Å². The molecule has 1 rings (SSSR count). The molecule has 1 heterocycles. The quantitative estimate of drug-likeness (QED) is 0.671. The van der Waals surface area contributed by atoms with Crippen LogP contribution in [0.25, 0.3) is 0 Å². The molecule has 0 saturated heterocycles. The number of aromatic nitrogens is 2. The van der Waals surface area contributed by atoms with Crippen molar-refractivity contribution >= 4 is 11.6 Å². The number of hydrogen-bond donors (Lipinski definition) is 1. The van der Waals surface area contributed by atoms with Crippen LogP contribution in [0.5, 0.6) is 0 Å². The minimum absolute atomic E-state index is 0.185. The second-order valence-electron chi connectivity index (χ2n) is 3.64. The van der Waals surface area contributed by atoms with Crippen LogP contribution < -0.4 is 5.56 Å². The van der Waals surface area contributed by atoms with Crippen molar-refractivity contribution in [3.8, 4) is 0 Å². The first kappa shape index (κ1) is 9.26. The first-order chi connectivity index (χ1) is 5.43. The zero-order valence-electron chi connectivity index (χ0n) is 7.31. The maximum absolute atomic E-state index is 11.1. The summed E-state index contributed by atoms with van der Waals surface area (Å²) in [6.07, 6.45) is 1.37. The second-order valence-corrected chi connectivity index (χ2v) is 4.02. The highest BCUT2D eigenvalue weighted by Gasteiger charge is 2.20. The molecular formula is C8H11ClN2O. The summed E-state index contributed by atoms with van der Waals surface area (Å²) in [5.41, 5.74) is 0.162. The van der Waals surface area contributed by atoms with Crippen LogP contribution in [0.15, 0.2) is 11.1 Å². The molecule has 0 spiro atoms. The van der Waals surface area contributed by atoms with Crippen LogP contribution in [-0.4, -0.2) is 9.97 Å². The van der Waals surface area contributed by atoms with Gasteiger partial charge in [0.25, 0.3) is 5.56 Å². The van der Waals surface area contributed by atoms with Gasteiger partial charge in [0.2, 0.25) is 0 Å². The molecule has 0 aromatic carbocycles. The number of aromatic amines is 1. The van der Waals surface area contributed by atoms with Gasteiger partial charge in [-0.25, -0.2) is 4.98 Å².